The Morgan fingerprint density at radius 1 is 1.19 bits per heavy atom. The normalized spacial score (nSPS) is 10.9. The van der Waals surface area contributed by atoms with Gasteiger partial charge in [0.2, 0.25) is 0 Å². The average molecular weight is 468 g/mol. The van der Waals surface area contributed by atoms with E-state index in [0.717, 1.165) is 49.8 Å². The number of guanidine groups is 1. The molecule has 0 amide bonds. The summed E-state index contributed by atoms with van der Waals surface area (Å²) in [6.45, 7) is 11.0. The van der Waals surface area contributed by atoms with Crippen LogP contribution in [0, 0.1) is 0 Å². The minimum atomic E-state index is 0. The molecule has 6 nitrogen and oxygen atoms in total. The number of aliphatic imine (C=N–C) groups is 1. The molecule has 1 heterocycles. The van der Waals surface area contributed by atoms with Gasteiger partial charge in [-0.15, -0.1) is 34.2 Å². The summed E-state index contributed by atoms with van der Waals surface area (Å²) in [5.74, 6) is 1.81. The van der Waals surface area contributed by atoms with Gasteiger partial charge in [-0.3, -0.25) is 0 Å². The first-order chi connectivity index (χ1) is 12.2. The van der Waals surface area contributed by atoms with Crippen molar-refractivity contribution in [3.05, 3.63) is 60.2 Å². The van der Waals surface area contributed by atoms with E-state index in [1.54, 1.807) is 6.33 Å². The predicted molar refractivity (Wildman–Crippen MR) is 118 cm³/mol. The second-order valence-corrected chi connectivity index (χ2v) is 6.01. The molecular weight excluding hydrogens is 439 g/mol. The molecule has 0 fully saturated rings. The highest BCUT2D eigenvalue weighted by Gasteiger charge is 2.03. The van der Waals surface area contributed by atoms with Gasteiger partial charge in [0.05, 0.1) is 6.54 Å². The summed E-state index contributed by atoms with van der Waals surface area (Å²) < 4.78 is 2.06. The van der Waals surface area contributed by atoms with Crippen LogP contribution in [-0.4, -0.2) is 40.4 Å². The fourth-order valence-corrected chi connectivity index (χ4v) is 2.39. The van der Waals surface area contributed by atoms with Gasteiger partial charge >= 0.3 is 0 Å². The summed E-state index contributed by atoms with van der Waals surface area (Å²) in [6.07, 6.45) is 3.61. The third-order valence-electron chi connectivity index (χ3n) is 3.71. The Morgan fingerprint density at radius 2 is 1.92 bits per heavy atom. The number of aromatic nitrogens is 3. The van der Waals surface area contributed by atoms with Gasteiger partial charge in [-0.1, -0.05) is 49.4 Å². The molecule has 7 heteroatoms. The lowest BCUT2D eigenvalue weighted by Gasteiger charge is -2.13. The Hall–Kier alpha value is -1.90. The first-order valence-corrected chi connectivity index (χ1v) is 8.76. The molecule has 2 aromatic rings. The van der Waals surface area contributed by atoms with E-state index in [4.69, 9.17) is 0 Å². The molecule has 1 aromatic carbocycles. The fourth-order valence-electron chi connectivity index (χ4n) is 2.39. The smallest absolute Gasteiger partial charge is 0.191 e. The summed E-state index contributed by atoms with van der Waals surface area (Å²) in [4.78, 5) is 4.57. The highest BCUT2D eigenvalue weighted by Crippen LogP contribution is 1.98. The molecule has 0 aliphatic rings. The maximum Gasteiger partial charge on any atom is 0.191 e. The Balaban J connectivity index is 0.00000338. The van der Waals surface area contributed by atoms with E-state index in [1.807, 2.05) is 13.0 Å². The zero-order chi connectivity index (χ0) is 17.9. The highest BCUT2D eigenvalue weighted by atomic mass is 127. The number of halogens is 1. The molecule has 0 bridgehead atoms. The van der Waals surface area contributed by atoms with Gasteiger partial charge in [0, 0.05) is 26.1 Å². The lowest BCUT2D eigenvalue weighted by atomic mass is 10.1. The Morgan fingerprint density at radius 3 is 2.62 bits per heavy atom. The number of hydrogen-bond donors (Lipinski definition) is 2. The summed E-state index contributed by atoms with van der Waals surface area (Å²) in [5.41, 5.74) is 2.35. The monoisotopic (exact) mass is 468 g/mol. The van der Waals surface area contributed by atoms with Crippen molar-refractivity contribution in [3.63, 3.8) is 0 Å². The van der Waals surface area contributed by atoms with E-state index in [0.29, 0.717) is 6.54 Å². The van der Waals surface area contributed by atoms with E-state index in [1.165, 1.54) is 5.56 Å². The van der Waals surface area contributed by atoms with Gasteiger partial charge in [-0.05, 0) is 18.9 Å². The molecule has 26 heavy (non-hydrogen) atoms. The molecule has 0 radical (unpaired) electrons. The van der Waals surface area contributed by atoms with Crippen LogP contribution in [0.4, 0.5) is 0 Å². The highest BCUT2D eigenvalue weighted by molar-refractivity contribution is 14.0. The van der Waals surface area contributed by atoms with Crippen molar-refractivity contribution in [1.82, 2.24) is 25.4 Å². The van der Waals surface area contributed by atoms with Crippen LogP contribution in [0.25, 0.3) is 0 Å². The maximum absolute atomic E-state index is 4.57. The molecule has 2 N–H and O–H groups in total. The van der Waals surface area contributed by atoms with Crippen molar-refractivity contribution in [2.24, 2.45) is 4.99 Å². The van der Waals surface area contributed by atoms with Crippen molar-refractivity contribution in [3.8, 4) is 0 Å². The second kappa shape index (κ2) is 12.5. The molecule has 0 atom stereocenters. The van der Waals surface area contributed by atoms with E-state index >= 15 is 0 Å². The largest absolute Gasteiger partial charge is 0.356 e. The van der Waals surface area contributed by atoms with Crippen LogP contribution in [0.2, 0.25) is 0 Å². The molecule has 0 unspecified atom stereocenters. The molecule has 0 aliphatic heterocycles. The van der Waals surface area contributed by atoms with Crippen LogP contribution >= 0.6 is 24.0 Å². The van der Waals surface area contributed by atoms with Crippen LogP contribution < -0.4 is 10.6 Å². The topological polar surface area (TPSA) is 67.1 Å². The summed E-state index contributed by atoms with van der Waals surface area (Å²) in [7, 11) is 0. The minimum Gasteiger partial charge on any atom is -0.356 e. The lowest BCUT2D eigenvalue weighted by molar-refractivity contribution is 0.632. The third kappa shape index (κ3) is 7.99. The Kier molecular flexibility index (Phi) is 10.6. The van der Waals surface area contributed by atoms with Crippen LogP contribution in [0.1, 0.15) is 25.2 Å². The number of rotatable bonds is 9. The Bertz CT molecular complexity index is 680. The quantitative estimate of drug-likeness (QED) is 0.257. The molecule has 142 valence electrons. The maximum atomic E-state index is 4.57. The van der Waals surface area contributed by atoms with Crippen molar-refractivity contribution in [2.75, 3.05) is 19.6 Å². The first kappa shape index (κ1) is 22.1. The van der Waals surface area contributed by atoms with Gasteiger partial charge in [0.15, 0.2) is 5.96 Å². The van der Waals surface area contributed by atoms with Gasteiger partial charge in [-0.25, -0.2) is 4.99 Å². The minimum absolute atomic E-state index is 0. The molecule has 1 aromatic heterocycles. The number of nitrogens with zero attached hydrogens (tertiary/aromatic N) is 4. The third-order valence-corrected chi connectivity index (χ3v) is 3.71. The first-order valence-electron chi connectivity index (χ1n) is 8.76. The molecule has 0 spiro atoms. The lowest BCUT2D eigenvalue weighted by Crippen LogP contribution is -2.40. The van der Waals surface area contributed by atoms with Gasteiger partial charge in [-0.2, -0.15) is 0 Å². The van der Waals surface area contributed by atoms with Gasteiger partial charge in [0.25, 0.3) is 0 Å². The van der Waals surface area contributed by atoms with Crippen LogP contribution in [0.5, 0.6) is 0 Å². The van der Waals surface area contributed by atoms with Gasteiger partial charge < -0.3 is 15.2 Å². The summed E-state index contributed by atoms with van der Waals surface area (Å²) in [6, 6.07) is 10.4. The molecule has 0 saturated heterocycles. The van der Waals surface area contributed by atoms with Crippen molar-refractivity contribution in [1.29, 1.82) is 0 Å². The second-order valence-electron chi connectivity index (χ2n) is 6.01. The van der Waals surface area contributed by atoms with E-state index in [9.17, 15) is 0 Å². The van der Waals surface area contributed by atoms with E-state index in [-0.39, 0.29) is 24.0 Å². The number of aryl methyl sites for hydroxylation is 1. The molecule has 0 saturated carbocycles. The van der Waals surface area contributed by atoms with Gasteiger partial charge in [0.1, 0.15) is 12.2 Å². The van der Waals surface area contributed by atoms with Crippen molar-refractivity contribution >= 4 is 29.9 Å². The molecule has 2 rings (SSSR count). The molecular formula is C19H29IN6. The van der Waals surface area contributed by atoms with Crippen molar-refractivity contribution < 1.29 is 0 Å². The van der Waals surface area contributed by atoms with E-state index in [2.05, 4.69) is 68.2 Å². The summed E-state index contributed by atoms with van der Waals surface area (Å²) >= 11 is 0. The zero-order valence-electron chi connectivity index (χ0n) is 15.6. The van der Waals surface area contributed by atoms with Crippen LogP contribution in [0.3, 0.4) is 0 Å². The van der Waals surface area contributed by atoms with Crippen LogP contribution in [0.15, 0.2) is 53.8 Å². The number of benzene rings is 1. The van der Waals surface area contributed by atoms with E-state index < -0.39 is 0 Å². The fraction of sp³-hybridized carbons (Fsp3) is 0.421. The number of hydrogen-bond acceptors (Lipinski definition) is 3. The predicted octanol–water partition coefficient (Wildman–Crippen LogP) is 2.81. The Labute approximate surface area is 173 Å². The number of nitrogens with one attached hydrogen (secondary N) is 2. The average Bonchev–Trinajstić information content (AvgIpc) is 3.07. The standard InChI is InChI=1S/C19H28N6.HI/c1-4-18-24-23-15-25(18)13-12-21-19(22-14-16(2)3)20-11-10-17-8-6-5-7-9-17;/h5-9,15H,2,4,10-14H2,1,3H3,(H2,20,21,22);1H. The molecule has 0 aliphatic carbocycles. The SMILES string of the molecule is C=C(C)CN=C(NCCc1ccccc1)NCCn1cnnc1CC.I. The summed E-state index contributed by atoms with van der Waals surface area (Å²) in [5, 5.41) is 14.8. The zero-order valence-corrected chi connectivity index (χ0v) is 17.9. The van der Waals surface area contributed by atoms with Crippen molar-refractivity contribution in [2.45, 2.75) is 33.2 Å². The van der Waals surface area contributed by atoms with Crippen LogP contribution in [-0.2, 0) is 19.4 Å².